The van der Waals surface area contributed by atoms with Crippen molar-refractivity contribution in [1.82, 2.24) is 0 Å². The Bertz CT molecular complexity index is 152. The maximum Gasteiger partial charge on any atom is 0.0976 e. The summed E-state index contributed by atoms with van der Waals surface area (Å²) in [5, 5.41) is 15.4. The van der Waals surface area contributed by atoms with Crippen LogP contribution in [0.15, 0.2) is 10.2 Å². The fourth-order valence-electron chi connectivity index (χ4n) is 0.699. The van der Waals surface area contributed by atoms with Crippen LogP contribution in [0.1, 0.15) is 33.6 Å². The minimum atomic E-state index is 0.352. The Morgan fingerprint density at radius 2 is 2.00 bits per heavy atom. The van der Waals surface area contributed by atoms with Gasteiger partial charge in [-0.1, -0.05) is 20.8 Å². The highest BCUT2D eigenvalue weighted by molar-refractivity contribution is 5.85. The summed E-state index contributed by atoms with van der Waals surface area (Å²) in [4.78, 5) is 0. The van der Waals surface area contributed by atoms with Crippen molar-refractivity contribution in [3.63, 3.8) is 0 Å². The normalized spacial score (nSPS) is 13.6. The Morgan fingerprint density at radius 1 is 1.33 bits per heavy atom. The molecule has 0 heterocycles. The van der Waals surface area contributed by atoms with E-state index in [-0.39, 0.29) is 0 Å². The molecule has 3 nitrogen and oxygen atoms in total. The molecule has 0 aromatic rings. The van der Waals surface area contributed by atoms with Crippen molar-refractivity contribution >= 4 is 5.71 Å². The highest BCUT2D eigenvalue weighted by atomic mass is 15.1. The van der Waals surface area contributed by atoms with Crippen LogP contribution in [0.2, 0.25) is 0 Å². The van der Waals surface area contributed by atoms with E-state index in [0.717, 1.165) is 19.4 Å². The van der Waals surface area contributed by atoms with Crippen molar-refractivity contribution in [2.45, 2.75) is 33.6 Å². The summed E-state index contributed by atoms with van der Waals surface area (Å²) in [5.41, 5.74) is 0.692. The zero-order chi connectivity index (χ0) is 9.40. The average molecular weight is 169 g/mol. The highest BCUT2D eigenvalue weighted by Crippen LogP contribution is 2.02. The van der Waals surface area contributed by atoms with E-state index >= 15 is 0 Å². The van der Waals surface area contributed by atoms with Gasteiger partial charge in [0.1, 0.15) is 0 Å². The monoisotopic (exact) mass is 169 g/mol. The molecule has 12 heavy (non-hydrogen) atoms. The van der Waals surface area contributed by atoms with Gasteiger partial charge in [-0.3, -0.25) is 0 Å². The first kappa shape index (κ1) is 11.3. The number of hydrogen-bond donors (Lipinski definition) is 1. The van der Waals surface area contributed by atoms with Crippen LogP contribution < -0.4 is 0 Å². The summed E-state index contributed by atoms with van der Waals surface area (Å²) in [7, 11) is 0. The fraction of sp³-hybridized carbons (Fsp3) is 0.889. The van der Waals surface area contributed by atoms with E-state index < -0.39 is 0 Å². The van der Waals surface area contributed by atoms with Crippen LogP contribution in [0.4, 0.5) is 0 Å². The van der Waals surface area contributed by atoms with Gasteiger partial charge in [0.05, 0.1) is 13.1 Å². The van der Waals surface area contributed by atoms with Gasteiger partial charge in [0.2, 0.25) is 0 Å². The van der Waals surface area contributed by atoms with Crippen molar-refractivity contribution < 1.29 is 0 Å². The first-order valence-electron chi connectivity index (χ1n) is 4.62. The van der Waals surface area contributed by atoms with Crippen LogP contribution in [0, 0.1) is 11.3 Å². The topological polar surface area (TPSA) is 48.6 Å². The van der Waals surface area contributed by atoms with Crippen LogP contribution in [-0.2, 0) is 0 Å². The number of hydrogen-bond acceptors (Lipinski definition) is 3. The number of rotatable bonds is 6. The Morgan fingerprint density at radius 3 is 2.50 bits per heavy atom. The number of nitrogens with zero attached hydrogens (tertiary/aromatic N) is 2. The zero-order valence-electron chi connectivity index (χ0n) is 8.30. The largest absolute Gasteiger partial charge is 0.307 e. The van der Waals surface area contributed by atoms with Crippen molar-refractivity contribution in [3.05, 3.63) is 0 Å². The Hall–Kier alpha value is -0.730. The molecule has 0 saturated heterocycles. The number of nitrogens with one attached hydrogen (secondary N) is 1. The Labute approximate surface area is 74.8 Å². The SMILES string of the molecule is CCCN=NCC(=N)C(C)CC. The average Bonchev–Trinajstić information content (AvgIpc) is 2.10. The van der Waals surface area contributed by atoms with Crippen LogP contribution in [0.3, 0.4) is 0 Å². The molecule has 0 bridgehead atoms. The standard InChI is InChI=1S/C9H19N3/c1-4-6-11-12-7-9(10)8(3)5-2/h8,10H,4-7H2,1-3H3. The molecule has 1 N–H and O–H groups in total. The van der Waals surface area contributed by atoms with Crippen LogP contribution in [-0.4, -0.2) is 18.8 Å². The van der Waals surface area contributed by atoms with E-state index in [1.807, 2.05) is 0 Å². The molecule has 0 saturated carbocycles. The van der Waals surface area contributed by atoms with E-state index in [0.29, 0.717) is 18.2 Å². The molecule has 0 spiro atoms. The van der Waals surface area contributed by atoms with E-state index in [1.165, 1.54) is 0 Å². The van der Waals surface area contributed by atoms with E-state index in [4.69, 9.17) is 5.41 Å². The van der Waals surface area contributed by atoms with Gasteiger partial charge in [-0.2, -0.15) is 10.2 Å². The van der Waals surface area contributed by atoms with E-state index in [9.17, 15) is 0 Å². The lowest BCUT2D eigenvalue weighted by molar-refractivity contribution is 0.719. The summed E-state index contributed by atoms with van der Waals surface area (Å²) >= 11 is 0. The molecule has 0 aliphatic carbocycles. The predicted molar refractivity (Wildman–Crippen MR) is 52.1 cm³/mol. The molecule has 0 aromatic heterocycles. The molecule has 1 unspecified atom stereocenters. The minimum absolute atomic E-state index is 0.352. The molecule has 3 heteroatoms. The fourth-order valence-corrected chi connectivity index (χ4v) is 0.699. The summed E-state index contributed by atoms with van der Waals surface area (Å²) < 4.78 is 0. The van der Waals surface area contributed by atoms with Gasteiger partial charge in [0, 0.05) is 5.71 Å². The molecular formula is C9H19N3. The van der Waals surface area contributed by atoms with E-state index in [1.54, 1.807) is 0 Å². The number of azo groups is 1. The minimum Gasteiger partial charge on any atom is -0.307 e. The molecule has 0 rings (SSSR count). The quantitative estimate of drug-likeness (QED) is 0.469. The van der Waals surface area contributed by atoms with Gasteiger partial charge in [0.15, 0.2) is 0 Å². The summed E-state index contributed by atoms with van der Waals surface area (Å²) in [6, 6.07) is 0. The molecule has 0 amide bonds. The first-order valence-corrected chi connectivity index (χ1v) is 4.62. The molecule has 0 aliphatic heterocycles. The molecule has 1 atom stereocenters. The van der Waals surface area contributed by atoms with Crippen LogP contribution in [0.25, 0.3) is 0 Å². The smallest absolute Gasteiger partial charge is 0.0976 e. The van der Waals surface area contributed by atoms with Gasteiger partial charge in [-0.15, -0.1) is 0 Å². The van der Waals surface area contributed by atoms with E-state index in [2.05, 4.69) is 31.0 Å². The van der Waals surface area contributed by atoms with Gasteiger partial charge in [0.25, 0.3) is 0 Å². The molecule has 0 aromatic carbocycles. The Kier molecular flexibility index (Phi) is 6.53. The van der Waals surface area contributed by atoms with Crippen molar-refractivity contribution in [1.29, 1.82) is 5.41 Å². The predicted octanol–water partition coefficient (Wildman–Crippen LogP) is 2.91. The van der Waals surface area contributed by atoms with Crippen molar-refractivity contribution in [2.24, 2.45) is 16.1 Å². The van der Waals surface area contributed by atoms with Crippen LogP contribution >= 0.6 is 0 Å². The zero-order valence-corrected chi connectivity index (χ0v) is 8.30. The van der Waals surface area contributed by atoms with Crippen molar-refractivity contribution in [2.75, 3.05) is 13.1 Å². The molecular weight excluding hydrogens is 150 g/mol. The summed E-state index contributed by atoms with van der Waals surface area (Å²) in [6.45, 7) is 7.47. The van der Waals surface area contributed by atoms with Crippen LogP contribution in [0.5, 0.6) is 0 Å². The molecule has 0 aliphatic rings. The lowest BCUT2D eigenvalue weighted by atomic mass is 10.0. The third kappa shape index (κ3) is 4.99. The summed E-state index contributed by atoms with van der Waals surface area (Å²) in [5.74, 6) is 0.352. The molecule has 0 fully saturated rings. The maximum atomic E-state index is 7.58. The van der Waals surface area contributed by atoms with Gasteiger partial charge >= 0.3 is 0 Å². The summed E-state index contributed by atoms with van der Waals surface area (Å²) in [6.07, 6.45) is 2.04. The lowest BCUT2D eigenvalue weighted by Gasteiger charge is -2.06. The third-order valence-electron chi connectivity index (χ3n) is 1.87. The van der Waals surface area contributed by atoms with Gasteiger partial charge in [-0.05, 0) is 18.8 Å². The Balaban J connectivity index is 3.56. The second-order valence-corrected chi connectivity index (χ2v) is 3.00. The first-order chi connectivity index (χ1) is 5.72. The molecule has 70 valence electrons. The highest BCUT2D eigenvalue weighted by Gasteiger charge is 2.04. The molecule has 0 radical (unpaired) electrons. The second-order valence-electron chi connectivity index (χ2n) is 3.00. The van der Waals surface area contributed by atoms with Crippen molar-refractivity contribution in [3.8, 4) is 0 Å². The van der Waals surface area contributed by atoms with Gasteiger partial charge in [-0.25, -0.2) is 0 Å². The second kappa shape index (κ2) is 6.95. The third-order valence-corrected chi connectivity index (χ3v) is 1.87. The lowest BCUT2D eigenvalue weighted by Crippen LogP contribution is -2.11. The maximum absolute atomic E-state index is 7.58. The van der Waals surface area contributed by atoms with Gasteiger partial charge < -0.3 is 5.41 Å².